The van der Waals surface area contributed by atoms with Gasteiger partial charge < -0.3 is 24.2 Å². The van der Waals surface area contributed by atoms with E-state index in [0.29, 0.717) is 47.4 Å². The van der Waals surface area contributed by atoms with E-state index in [2.05, 4.69) is 25.0 Å². The molecule has 0 aliphatic carbocycles. The number of aromatic nitrogens is 4. The molecule has 1 aromatic carbocycles. The van der Waals surface area contributed by atoms with Gasteiger partial charge in [0.2, 0.25) is 5.91 Å². The van der Waals surface area contributed by atoms with Gasteiger partial charge in [-0.2, -0.15) is 5.10 Å². The van der Waals surface area contributed by atoms with Gasteiger partial charge in [0.05, 0.1) is 22.0 Å². The van der Waals surface area contributed by atoms with Crippen LogP contribution >= 0.6 is 23.2 Å². The monoisotopic (exact) mass is 707 g/mol. The molecular weight excluding hydrogens is 665 g/mol. The zero-order valence-corrected chi connectivity index (χ0v) is 29.9. The second-order valence-electron chi connectivity index (χ2n) is 13.7. The molecule has 2 aliphatic rings. The summed E-state index contributed by atoms with van der Waals surface area (Å²) in [7, 11) is 0. The van der Waals surface area contributed by atoms with Crippen LogP contribution in [-0.2, 0) is 14.3 Å². The molecule has 3 aromatic heterocycles. The number of aromatic amines is 1. The fraction of sp³-hybridized carbons (Fsp3) is 0.472. The molecule has 260 valence electrons. The fourth-order valence-electron chi connectivity index (χ4n) is 6.53. The van der Waals surface area contributed by atoms with Gasteiger partial charge in [0.1, 0.15) is 29.0 Å². The van der Waals surface area contributed by atoms with Crippen LogP contribution in [0.4, 0.5) is 5.82 Å². The Morgan fingerprint density at radius 3 is 2.35 bits per heavy atom. The number of nitrogens with zero attached hydrogens (tertiary/aromatic N) is 6. The van der Waals surface area contributed by atoms with Crippen molar-refractivity contribution in [3.8, 4) is 17.0 Å². The number of benzene rings is 1. The number of carbonyl (C=O) groups is 2. The summed E-state index contributed by atoms with van der Waals surface area (Å²) in [6.45, 7) is 12.6. The summed E-state index contributed by atoms with van der Waals surface area (Å²) >= 11 is 12.7. The number of piperidine rings is 1. The SMILES string of the molecule is C[C@@H](Oc1ccc2[nH]nc(-c3ccc(N4CCN(C(=O)C5CCN(CCC(=O)OC(C)(C)C)CC5)CC4)nc3)c2c1)c1c(Cl)cncc1Cl. The van der Waals surface area contributed by atoms with Crippen molar-refractivity contribution in [1.29, 1.82) is 0 Å². The average Bonchev–Trinajstić information content (AvgIpc) is 3.50. The molecule has 1 atom stereocenters. The van der Waals surface area contributed by atoms with Crippen molar-refractivity contribution in [1.82, 2.24) is 30.0 Å². The van der Waals surface area contributed by atoms with Gasteiger partial charge in [0.15, 0.2) is 0 Å². The number of ether oxygens (including phenoxy) is 2. The molecule has 2 fully saturated rings. The number of H-pyrrole nitrogens is 1. The summed E-state index contributed by atoms with van der Waals surface area (Å²) in [4.78, 5) is 40.7. The largest absolute Gasteiger partial charge is 0.486 e. The van der Waals surface area contributed by atoms with E-state index in [0.717, 1.165) is 67.0 Å². The van der Waals surface area contributed by atoms with E-state index in [-0.39, 0.29) is 23.9 Å². The van der Waals surface area contributed by atoms with Crippen LogP contribution < -0.4 is 9.64 Å². The second-order valence-corrected chi connectivity index (χ2v) is 14.5. The number of nitrogens with one attached hydrogen (secondary N) is 1. The highest BCUT2D eigenvalue weighted by Crippen LogP contribution is 2.35. The van der Waals surface area contributed by atoms with Crippen molar-refractivity contribution in [3.05, 3.63) is 64.5 Å². The third kappa shape index (κ3) is 8.45. The van der Waals surface area contributed by atoms with Crippen LogP contribution in [0.1, 0.15) is 58.6 Å². The first-order chi connectivity index (χ1) is 23.4. The van der Waals surface area contributed by atoms with E-state index < -0.39 is 5.60 Å². The minimum Gasteiger partial charge on any atom is -0.486 e. The van der Waals surface area contributed by atoms with Crippen LogP contribution in [0.3, 0.4) is 0 Å². The van der Waals surface area contributed by atoms with E-state index in [1.54, 1.807) is 12.4 Å². The van der Waals surface area contributed by atoms with Gasteiger partial charge in [-0.15, -0.1) is 0 Å². The smallest absolute Gasteiger partial charge is 0.307 e. The number of pyridine rings is 2. The Kier molecular flexibility index (Phi) is 10.6. The number of likely N-dealkylation sites (tertiary alicyclic amines) is 1. The maximum absolute atomic E-state index is 13.4. The molecule has 0 radical (unpaired) electrons. The Morgan fingerprint density at radius 1 is 0.980 bits per heavy atom. The van der Waals surface area contributed by atoms with Gasteiger partial charge in [0, 0.05) is 73.7 Å². The molecule has 5 heterocycles. The third-order valence-corrected chi connectivity index (χ3v) is 9.67. The zero-order chi connectivity index (χ0) is 34.7. The molecule has 0 saturated carbocycles. The van der Waals surface area contributed by atoms with Crippen LogP contribution in [0.5, 0.6) is 5.75 Å². The molecule has 13 heteroatoms. The van der Waals surface area contributed by atoms with Crippen LogP contribution in [-0.4, -0.2) is 93.3 Å². The number of esters is 1. The second kappa shape index (κ2) is 14.9. The van der Waals surface area contributed by atoms with E-state index in [9.17, 15) is 9.59 Å². The lowest BCUT2D eigenvalue weighted by molar-refractivity contribution is -0.155. The molecule has 0 unspecified atom stereocenters. The standard InChI is InChI=1S/C36H43Cl2N7O4/c1-23(33-28(37)21-39-22-29(33)38)48-26-6-7-30-27(19-26)34(42-41-30)25-5-8-31(40-20-25)44-15-17-45(18-16-44)35(47)24-9-12-43(13-10-24)14-11-32(46)49-36(2,3)4/h5-8,19-24H,9-18H2,1-4H3,(H,41,42)/t23-/m1/s1. The molecule has 2 saturated heterocycles. The molecule has 1 N–H and O–H groups in total. The average molecular weight is 709 g/mol. The first-order valence-electron chi connectivity index (χ1n) is 16.8. The molecule has 0 spiro atoms. The van der Waals surface area contributed by atoms with E-state index in [1.165, 1.54) is 0 Å². The van der Waals surface area contributed by atoms with Gasteiger partial charge in [-0.25, -0.2) is 4.98 Å². The van der Waals surface area contributed by atoms with E-state index >= 15 is 0 Å². The number of amides is 1. The highest BCUT2D eigenvalue weighted by molar-refractivity contribution is 6.35. The Hall–Kier alpha value is -3.93. The van der Waals surface area contributed by atoms with Crippen molar-refractivity contribution < 1.29 is 19.1 Å². The van der Waals surface area contributed by atoms with Gasteiger partial charge in [-0.1, -0.05) is 23.2 Å². The Bertz CT molecular complexity index is 1760. The molecule has 11 nitrogen and oxygen atoms in total. The van der Waals surface area contributed by atoms with Gasteiger partial charge in [-0.3, -0.25) is 19.7 Å². The number of fused-ring (bicyclic) bond motifs is 1. The lowest BCUT2D eigenvalue weighted by atomic mass is 9.95. The van der Waals surface area contributed by atoms with Crippen molar-refractivity contribution in [3.63, 3.8) is 0 Å². The van der Waals surface area contributed by atoms with Gasteiger partial charge in [0.25, 0.3) is 0 Å². The van der Waals surface area contributed by atoms with Crippen molar-refractivity contribution in [2.24, 2.45) is 5.92 Å². The number of hydrogen-bond acceptors (Lipinski definition) is 9. The van der Waals surface area contributed by atoms with Crippen molar-refractivity contribution >= 4 is 51.8 Å². The quantitative estimate of drug-likeness (QED) is 0.193. The van der Waals surface area contributed by atoms with Crippen LogP contribution in [0, 0.1) is 5.92 Å². The number of anilines is 1. The minimum absolute atomic E-state index is 0.0331. The van der Waals surface area contributed by atoms with Crippen LogP contribution in [0.15, 0.2) is 48.9 Å². The van der Waals surface area contributed by atoms with E-state index in [4.69, 9.17) is 37.7 Å². The maximum Gasteiger partial charge on any atom is 0.307 e. The van der Waals surface area contributed by atoms with E-state index in [1.807, 2.05) is 69.1 Å². The first kappa shape index (κ1) is 34.9. The molecule has 2 aliphatic heterocycles. The number of carbonyl (C=O) groups excluding carboxylic acids is 2. The van der Waals surface area contributed by atoms with Gasteiger partial charge in [-0.05, 0) is 84.0 Å². The molecule has 49 heavy (non-hydrogen) atoms. The topological polar surface area (TPSA) is 117 Å². The van der Waals surface area contributed by atoms with Gasteiger partial charge >= 0.3 is 5.97 Å². The highest BCUT2D eigenvalue weighted by Gasteiger charge is 2.31. The molecule has 4 aromatic rings. The van der Waals surface area contributed by atoms with Crippen molar-refractivity contribution in [2.45, 2.75) is 58.7 Å². The predicted octanol–water partition coefficient (Wildman–Crippen LogP) is 6.56. The van der Waals surface area contributed by atoms with Crippen molar-refractivity contribution in [2.75, 3.05) is 50.7 Å². The molecular formula is C36H43Cl2N7O4. The highest BCUT2D eigenvalue weighted by atomic mass is 35.5. The lowest BCUT2D eigenvalue weighted by Gasteiger charge is -2.39. The first-order valence-corrected chi connectivity index (χ1v) is 17.6. The summed E-state index contributed by atoms with van der Waals surface area (Å²) in [6, 6.07) is 9.80. The molecule has 6 rings (SSSR count). The summed E-state index contributed by atoms with van der Waals surface area (Å²) in [5.74, 6) is 1.63. The third-order valence-electron chi connectivity index (χ3n) is 9.07. The number of halogens is 2. The Balaban J connectivity index is 1.01. The Morgan fingerprint density at radius 2 is 1.69 bits per heavy atom. The Labute approximate surface area is 296 Å². The predicted molar refractivity (Wildman–Crippen MR) is 191 cm³/mol. The minimum atomic E-state index is -0.468. The summed E-state index contributed by atoms with van der Waals surface area (Å²) in [5, 5.41) is 9.49. The number of hydrogen-bond donors (Lipinski definition) is 1. The zero-order valence-electron chi connectivity index (χ0n) is 28.4. The number of rotatable bonds is 9. The summed E-state index contributed by atoms with van der Waals surface area (Å²) in [6.07, 6.45) is 6.58. The summed E-state index contributed by atoms with van der Waals surface area (Å²) < 4.78 is 11.6. The fourth-order valence-corrected chi connectivity index (χ4v) is 7.20. The number of piperazine rings is 1. The molecule has 0 bridgehead atoms. The van der Waals surface area contributed by atoms with Crippen LogP contribution in [0.25, 0.3) is 22.2 Å². The maximum atomic E-state index is 13.4. The lowest BCUT2D eigenvalue weighted by Crippen LogP contribution is -2.52. The van der Waals surface area contributed by atoms with Crippen LogP contribution in [0.2, 0.25) is 10.0 Å². The summed E-state index contributed by atoms with van der Waals surface area (Å²) in [5.41, 5.74) is 2.76. The molecule has 1 amide bonds. The normalized spacial score (nSPS) is 16.9.